The van der Waals surface area contributed by atoms with Gasteiger partial charge in [-0.2, -0.15) is 0 Å². The summed E-state index contributed by atoms with van der Waals surface area (Å²) in [5.41, 5.74) is 5.21. The molecule has 0 bridgehead atoms. The van der Waals surface area contributed by atoms with Crippen LogP contribution < -0.4 is 17.0 Å². The van der Waals surface area contributed by atoms with Crippen LogP contribution in [-0.4, -0.2) is 41.5 Å². The van der Waals surface area contributed by atoms with Crippen LogP contribution in [0.15, 0.2) is 97.1 Å². The van der Waals surface area contributed by atoms with E-state index in [1.807, 2.05) is 17.0 Å². The maximum Gasteiger partial charge on any atom is 0.265 e. The number of aryl methyl sites for hydroxylation is 2. The summed E-state index contributed by atoms with van der Waals surface area (Å²) in [6.07, 6.45) is 2.00. The van der Waals surface area contributed by atoms with Gasteiger partial charge in [0.1, 0.15) is 11.4 Å². The van der Waals surface area contributed by atoms with Crippen molar-refractivity contribution in [3.8, 4) is 0 Å². The second-order valence-electron chi connectivity index (χ2n) is 12.9. The van der Waals surface area contributed by atoms with Crippen LogP contribution in [0.2, 0.25) is 5.02 Å². The van der Waals surface area contributed by atoms with Crippen molar-refractivity contribution in [3.63, 3.8) is 0 Å². The summed E-state index contributed by atoms with van der Waals surface area (Å²) < 4.78 is 2.11. The van der Waals surface area contributed by atoms with Gasteiger partial charge in [0.15, 0.2) is 0 Å². The summed E-state index contributed by atoms with van der Waals surface area (Å²) in [4.78, 5) is 17.1. The normalized spacial score (nSPS) is 11.7. The van der Waals surface area contributed by atoms with Crippen molar-refractivity contribution in [1.82, 2.24) is 4.90 Å². The van der Waals surface area contributed by atoms with Gasteiger partial charge in [-0.1, -0.05) is 108 Å². The third-order valence-electron chi connectivity index (χ3n) is 9.64. The van der Waals surface area contributed by atoms with Gasteiger partial charge in [0.2, 0.25) is 0 Å². The predicted octanol–water partition coefficient (Wildman–Crippen LogP) is 7.96. The molecule has 0 unspecified atom stereocenters. The van der Waals surface area contributed by atoms with Crippen molar-refractivity contribution in [2.24, 2.45) is 0 Å². The molecule has 5 aromatic carbocycles. The quantitative estimate of drug-likeness (QED) is 0.0926. The predicted molar refractivity (Wildman–Crippen MR) is 198 cm³/mol. The van der Waals surface area contributed by atoms with Crippen LogP contribution in [0.5, 0.6) is 0 Å². The Kier molecular flexibility index (Phi) is 11.5. The number of carbonyl (C=O) groups is 1. The summed E-state index contributed by atoms with van der Waals surface area (Å²) in [5, 5.41) is 6.19. The first-order chi connectivity index (χ1) is 22.3. The van der Waals surface area contributed by atoms with E-state index in [9.17, 15) is 4.79 Å². The van der Waals surface area contributed by atoms with Crippen LogP contribution in [0.1, 0.15) is 58.6 Å². The van der Waals surface area contributed by atoms with Gasteiger partial charge in [-0.05, 0) is 79.8 Å². The van der Waals surface area contributed by atoms with Gasteiger partial charge >= 0.3 is 0 Å². The SMILES string of the molecule is CC[N+](CC)(CCCCN(Cc1ccc2ccccc2c1)C(=O)c1sc2ccc3ccccc3c2c1Cl)Cc1cc(C)cc(C)c1.[Br-]. The van der Waals surface area contributed by atoms with Crippen LogP contribution in [0.3, 0.4) is 0 Å². The summed E-state index contributed by atoms with van der Waals surface area (Å²) in [5.74, 6) is 0.0189. The minimum atomic E-state index is 0. The highest BCUT2D eigenvalue weighted by Crippen LogP contribution is 2.40. The number of unbranched alkanes of at least 4 members (excludes halogenated alkanes) is 1. The second kappa shape index (κ2) is 15.3. The number of benzene rings is 5. The summed E-state index contributed by atoms with van der Waals surface area (Å²) in [7, 11) is 0. The smallest absolute Gasteiger partial charge is 0.265 e. The van der Waals surface area contributed by atoms with E-state index in [0.29, 0.717) is 23.0 Å². The fraction of sp³-hybridized carbons (Fsp3) is 0.293. The van der Waals surface area contributed by atoms with E-state index >= 15 is 0 Å². The van der Waals surface area contributed by atoms with Gasteiger partial charge in [0.05, 0.1) is 24.7 Å². The van der Waals surface area contributed by atoms with E-state index in [2.05, 4.69) is 113 Å². The Morgan fingerprint density at radius 3 is 2.15 bits per heavy atom. The Morgan fingerprint density at radius 2 is 1.43 bits per heavy atom. The fourth-order valence-corrected chi connectivity index (χ4v) is 8.60. The lowest BCUT2D eigenvalue weighted by atomic mass is 10.1. The fourth-order valence-electron chi connectivity index (χ4n) is 7.06. The zero-order chi connectivity index (χ0) is 32.3. The van der Waals surface area contributed by atoms with Gasteiger partial charge in [-0.15, -0.1) is 11.3 Å². The highest BCUT2D eigenvalue weighted by atomic mass is 79.9. The number of carbonyl (C=O) groups excluding carboxylic acids is 1. The zero-order valence-corrected chi connectivity index (χ0v) is 31.0. The Bertz CT molecular complexity index is 1990. The summed E-state index contributed by atoms with van der Waals surface area (Å²) >= 11 is 8.59. The largest absolute Gasteiger partial charge is 1.00 e. The maximum absolute atomic E-state index is 14.4. The van der Waals surface area contributed by atoms with E-state index in [-0.39, 0.29) is 22.9 Å². The molecule has 0 radical (unpaired) electrons. The van der Waals surface area contributed by atoms with Crippen LogP contribution in [0, 0.1) is 13.8 Å². The highest BCUT2D eigenvalue weighted by molar-refractivity contribution is 7.21. The molecule has 0 saturated carbocycles. The lowest BCUT2D eigenvalue weighted by Crippen LogP contribution is -3.00. The van der Waals surface area contributed by atoms with Crippen molar-refractivity contribution in [2.45, 2.75) is 53.6 Å². The molecule has 0 aliphatic rings. The molecule has 0 fully saturated rings. The number of amides is 1. The highest BCUT2D eigenvalue weighted by Gasteiger charge is 2.26. The van der Waals surface area contributed by atoms with Crippen LogP contribution in [0.25, 0.3) is 31.6 Å². The summed E-state index contributed by atoms with van der Waals surface area (Å²) in [6.45, 7) is 14.6. The first kappa shape index (κ1) is 35.1. The Hall–Kier alpha value is -3.22. The molecule has 3 nitrogen and oxygen atoms in total. The van der Waals surface area contributed by atoms with Crippen molar-refractivity contribution in [3.05, 3.63) is 129 Å². The van der Waals surface area contributed by atoms with Crippen molar-refractivity contribution in [2.75, 3.05) is 26.2 Å². The Morgan fingerprint density at radius 1 is 0.766 bits per heavy atom. The lowest BCUT2D eigenvalue weighted by molar-refractivity contribution is -0.938. The molecule has 1 aromatic heterocycles. The lowest BCUT2D eigenvalue weighted by Gasteiger charge is -2.37. The molecule has 1 amide bonds. The second-order valence-corrected chi connectivity index (χ2v) is 14.3. The topological polar surface area (TPSA) is 20.3 Å². The molecule has 6 heteroatoms. The van der Waals surface area contributed by atoms with E-state index in [0.717, 1.165) is 69.9 Å². The number of hydrogen-bond donors (Lipinski definition) is 0. The minimum absolute atomic E-state index is 0. The van der Waals surface area contributed by atoms with Gasteiger partial charge in [-0.25, -0.2) is 0 Å². The molecule has 244 valence electrons. The van der Waals surface area contributed by atoms with E-state index in [4.69, 9.17) is 11.6 Å². The Labute approximate surface area is 299 Å². The van der Waals surface area contributed by atoms with Crippen molar-refractivity contribution in [1.29, 1.82) is 0 Å². The first-order valence-electron chi connectivity index (χ1n) is 16.6. The molecule has 0 aliphatic heterocycles. The molecule has 0 saturated heterocycles. The number of hydrogen-bond acceptors (Lipinski definition) is 2. The molecule has 0 aliphatic carbocycles. The average Bonchev–Trinajstić information content (AvgIpc) is 3.41. The number of halogens is 2. The van der Waals surface area contributed by atoms with Gasteiger partial charge in [0, 0.05) is 28.7 Å². The van der Waals surface area contributed by atoms with E-state index < -0.39 is 0 Å². The summed E-state index contributed by atoms with van der Waals surface area (Å²) in [6, 6.07) is 34.4. The number of rotatable bonds is 12. The van der Waals surface area contributed by atoms with E-state index in [1.165, 1.54) is 38.8 Å². The molecule has 0 atom stereocenters. The molecular formula is C41H44BrClN2OS. The molecule has 0 N–H and O–H groups in total. The minimum Gasteiger partial charge on any atom is -1.00 e. The molecular weight excluding hydrogens is 684 g/mol. The van der Waals surface area contributed by atoms with Crippen LogP contribution in [0.4, 0.5) is 0 Å². The van der Waals surface area contributed by atoms with Crippen LogP contribution >= 0.6 is 22.9 Å². The molecule has 47 heavy (non-hydrogen) atoms. The molecule has 0 spiro atoms. The zero-order valence-electron chi connectivity index (χ0n) is 27.9. The molecule has 6 aromatic rings. The van der Waals surface area contributed by atoms with Crippen molar-refractivity contribution >= 4 is 60.5 Å². The van der Waals surface area contributed by atoms with Crippen LogP contribution in [-0.2, 0) is 13.1 Å². The standard InChI is InChI=1S/C41H44ClN2OS.BrH/c1-5-44(6-2,28-32-24-29(3)23-30(4)25-32)22-12-11-21-43(27-31-17-18-33-13-7-8-15-35(33)26-31)41(45)40-39(42)38-36-16-10-9-14-34(36)19-20-37(38)46-40;/h7-10,13-20,23-26H,5-6,11-12,21-22,27-28H2,1-4H3;1H/q+1;/p-1. The van der Waals surface area contributed by atoms with Gasteiger partial charge in [-0.3, -0.25) is 4.79 Å². The third kappa shape index (κ3) is 7.76. The van der Waals surface area contributed by atoms with Crippen molar-refractivity contribution < 1.29 is 26.3 Å². The average molecular weight is 728 g/mol. The number of fused-ring (bicyclic) bond motifs is 4. The Balaban J connectivity index is 0.00000433. The number of thiophene rings is 1. The molecule has 1 heterocycles. The van der Waals surface area contributed by atoms with E-state index in [1.54, 1.807) is 0 Å². The third-order valence-corrected chi connectivity index (χ3v) is 11.3. The number of quaternary nitrogens is 1. The van der Waals surface area contributed by atoms with Gasteiger partial charge < -0.3 is 26.4 Å². The maximum atomic E-state index is 14.4. The first-order valence-corrected chi connectivity index (χ1v) is 17.8. The molecule has 6 rings (SSSR count). The monoisotopic (exact) mass is 726 g/mol. The number of nitrogens with zero attached hydrogens (tertiary/aromatic N) is 2. The van der Waals surface area contributed by atoms with Gasteiger partial charge in [0.25, 0.3) is 5.91 Å².